The van der Waals surface area contributed by atoms with E-state index >= 15 is 0 Å². The number of aliphatic hydroxyl groups excluding tert-OH is 2. The molecule has 0 spiro atoms. The van der Waals surface area contributed by atoms with Crippen molar-refractivity contribution in [1.29, 1.82) is 0 Å². The molecule has 1 heterocycles. The summed E-state index contributed by atoms with van der Waals surface area (Å²) in [6, 6.07) is 16.5. The monoisotopic (exact) mass is 465 g/mol. The van der Waals surface area contributed by atoms with Crippen LogP contribution in [0.5, 0.6) is 5.75 Å². The third-order valence-electron chi connectivity index (χ3n) is 5.58. The standard InChI is InChI=1S/C26H27NO5S/c1-16-5-8-18(23(30)11-17-6-7-17)13-22(16)27-26(31)25-10-9-24(33-25)19-3-2-4-21(12-19)32-15-20(29)14-28/h2-5,8-10,12-13,17,20,28-29H,6-7,11,14-15H2,1H3,(H,27,31)/t20-/m1/s1. The molecule has 172 valence electrons. The quantitative estimate of drug-likeness (QED) is 0.378. The van der Waals surface area contributed by atoms with E-state index in [1.165, 1.54) is 11.3 Å². The first kappa shape index (κ1) is 23.2. The highest BCUT2D eigenvalue weighted by atomic mass is 32.1. The SMILES string of the molecule is Cc1ccc(C(=O)CC2CC2)cc1NC(=O)c1ccc(-c2cccc(OC[C@H](O)CO)c2)s1. The van der Waals surface area contributed by atoms with Crippen LogP contribution < -0.4 is 10.1 Å². The molecule has 6 nitrogen and oxygen atoms in total. The van der Waals surface area contributed by atoms with Gasteiger partial charge in [0.15, 0.2) is 5.78 Å². The van der Waals surface area contributed by atoms with Crippen LogP contribution in [-0.2, 0) is 0 Å². The number of ether oxygens (including phenoxy) is 1. The van der Waals surface area contributed by atoms with Crippen LogP contribution in [0.1, 0.15) is 44.9 Å². The molecule has 3 aromatic rings. The minimum absolute atomic E-state index is 0.000373. The maximum atomic E-state index is 12.9. The summed E-state index contributed by atoms with van der Waals surface area (Å²) in [6.45, 7) is 1.55. The molecule has 1 atom stereocenters. The first-order chi connectivity index (χ1) is 15.9. The van der Waals surface area contributed by atoms with Crippen LogP contribution in [0.25, 0.3) is 10.4 Å². The van der Waals surface area contributed by atoms with Crippen LogP contribution in [0.4, 0.5) is 5.69 Å². The molecule has 1 saturated carbocycles. The van der Waals surface area contributed by atoms with E-state index in [9.17, 15) is 14.7 Å². The summed E-state index contributed by atoms with van der Waals surface area (Å²) in [6.07, 6.45) is 1.90. The first-order valence-electron chi connectivity index (χ1n) is 11.0. The van der Waals surface area contributed by atoms with Crippen molar-refractivity contribution in [1.82, 2.24) is 0 Å². The molecular weight excluding hydrogens is 438 g/mol. The lowest BCUT2D eigenvalue weighted by Crippen LogP contribution is -2.21. The van der Waals surface area contributed by atoms with Crippen molar-refractivity contribution >= 4 is 28.7 Å². The number of carbonyl (C=O) groups is 2. The number of hydrogen-bond acceptors (Lipinski definition) is 6. The average molecular weight is 466 g/mol. The Balaban J connectivity index is 1.45. The topological polar surface area (TPSA) is 95.9 Å². The summed E-state index contributed by atoms with van der Waals surface area (Å²) in [5, 5.41) is 21.3. The van der Waals surface area contributed by atoms with E-state index in [0.29, 0.717) is 34.2 Å². The van der Waals surface area contributed by atoms with E-state index < -0.39 is 6.10 Å². The Labute approximate surface area is 196 Å². The largest absolute Gasteiger partial charge is 0.491 e. The highest BCUT2D eigenvalue weighted by molar-refractivity contribution is 7.17. The molecule has 0 radical (unpaired) electrons. The van der Waals surface area contributed by atoms with Gasteiger partial charge >= 0.3 is 0 Å². The molecule has 1 aliphatic rings. The Morgan fingerprint density at radius 1 is 1.15 bits per heavy atom. The second kappa shape index (κ2) is 10.3. The minimum atomic E-state index is -0.934. The summed E-state index contributed by atoms with van der Waals surface area (Å²) >= 11 is 1.36. The van der Waals surface area contributed by atoms with Crippen LogP contribution in [0.2, 0.25) is 0 Å². The zero-order valence-corrected chi connectivity index (χ0v) is 19.2. The molecule has 0 aliphatic heterocycles. The molecule has 33 heavy (non-hydrogen) atoms. The number of ketones is 1. The molecule has 2 aromatic carbocycles. The minimum Gasteiger partial charge on any atom is -0.491 e. The number of amides is 1. The fourth-order valence-corrected chi connectivity index (χ4v) is 4.31. The predicted molar refractivity (Wildman–Crippen MR) is 129 cm³/mol. The van der Waals surface area contributed by atoms with Gasteiger partial charge in [0.05, 0.1) is 11.5 Å². The molecule has 0 bridgehead atoms. The van der Waals surface area contributed by atoms with Gasteiger partial charge in [0, 0.05) is 22.5 Å². The number of aryl methyl sites for hydroxylation is 1. The van der Waals surface area contributed by atoms with Gasteiger partial charge in [-0.3, -0.25) is 9.59 Å². The molecule has 0 saturated heterocycles. The van der Waals surface area contributed by atoms with Crippen LogP contribution in [0.15, 0.2) is 54.6 Å². The van der Waals surface area contributed by atoms with Gasteiger partial charge in [0.25, 0.3) is 5.91 Å². The van der Waals surface area contributed by atoms with E-state index in [4.69, 9.17) is 9.84 Å². The van der Waals surface area contributed by atoms with E-state index in [-0.39, 0.29) is 24.9 Å². The molecule has 0 unspecified atom stereocenters. The fraction of sp³-hybridized carbons (Fsp3) is 0.308. The first-order valence-corrected chi connectivity index (χ1v) is 11.8. The Hall–Kier alpha value is -3.00. The van der Waals surface area contributed by atoms with E-state index in [0.717, 1.165) is 28.8 Å². The zero-order chi connectivity index (χ0) is 23.4. The zero-order valence-electron chi connectivity index (χ0n) is 18.4. The van der Waals surface area contributed by atoms with Crippen molar-refractivity contribution in [2.45, 2.75) is 32.3 Å². The number of anilines is 1. The van der Waals surface area contributed by atoms with Gasteiger partial charge in [0.1, 0.15) is 18.5 Å². The van der Waals surface area contributed by atoms with Crippen LogP contribution in [0.3, 0.4) is 0 Å². The highest BCUT2D eigenvalue weighted by Gasteiger charge is 2.25. The Kier molecular flexibility index (Phi) is 7.23. The average Bonchev–Trinajstić information content (AvgIpc) is 3.49. The number of nitrogens with one attached hydrogen (secondary N) is 1. The summed E-state index contributed by atoms with van der Waals surface area (Å²) in [7, 11) is 0. The summed E-state index contributed by atoms with van der Waals surface area (Å²) < 4.78 is 5.51. The van der Waals surface area contributed by atoms with Crippen molar-refractivity contribution in [2.24, 2.45) is 5.92 Å². The number of hydrogen-bond donors (Lipinski definition) is 3. The summed E-state index contributed by atoms with van der Waals surface area (Å²) in [5.41, 5.74) is 3.07. The smallest absolute Gasteiger partial charge is 0.265 e. The fourth-order valence-electron chi connectivity index (χ4n) is 3.42. The van der Waals surface area contributed by atoms with Gasteiger partial charge in [-0.25, -0.2) is 0 Å². The normalized spacial score (nSPS) is 14.0. The third-order valence-corrected chi connectivity index (χ3v) is 6.71. The van der Waals surface area contributed by atoms with Crippen molar-refractivity contribution in [3.05, 3.63) is 70.6 Å². The van der Waals surface area contributed by atoms with Crippen molar-refractivity contribution in [2.75, 3.05) is 18.5 Å². The van der Waals surface area contributed by atoms with Crippen molar-refractivity contribution in [3.63, 3.8) is 0 Å². The van der Waals surface area contributed by atoms with Gasteiger partial charge in [0.2, 0.25) is 0 Å². The number of thiophene rings is 1. The molecule has 1 aliphatic carbocycles. The van der Waals surface area contributed by atoms with Crippen LogP contribution in [0, 0.1) is 12.8 Å². The number of rotatable bonds is 10. The molecule has 1 amide bonds. The lowest BCUT2D eigenvalue weighted by molar-refractivity contribution is 0.0536. The van der Waals surface area contributed by atoms with Crippen molar-refractivity contribution < 1.29 is 24.5 Å². The number of Topliss-reactive ketones (excluding diaryl/α,β-unsaturated/α-hetero) is 1. The second-order valence-electron chi connectivity index (χ2n) is 8.39. The second-order valence-corrected chi connectivity index (χ2v) is 9.48. The van der Waals surface area contributed by atoms with Gasteiger partial charge in [-0.1, -0.05) is 24.3 Å². The van der Waals surface area contributed by atoms with Crippen molar-refractivity contribution in [3.8, 4) is 16.2 Å². The maximum Gasteiger partial charge on any atom is 0.265 e. The Bertz CT molecular complexity index is 1150. The van der Waals surface area contributed by atoms with Gasteiger partial charge in [-0.2, -0.15) is 0 Å². The number of carbonyl (C=O) groups excluding carboxylic acids is 2. The lowest BCUT2D eigenvalue weighted by atomic mass is 10.0. The van der Waals surface area contributed by atoms with E-state index in [1.807, 2.05) is 43.3 Å². The van der Waals surface area contributed by atoms with Gasteiger partial charge < -0.3 is 20.3 Å². The lowest BCUT2D eigenvalue weighted by Gasteiger charge is -2.10. The maximum absolute atomic E-state index is 12.9. The Morgan fingerprint density at radius 3 is 2.73 bits per heavy atom. The number of aliphatic hydroxyl groups is 2. The molecule has 3 N–H and O–H groups in total. The van der Waals surface area contributed by atoms with E-state index in [2.05, 4.69) is 5.32 Å². The molecular formula is C26H27NO5S. The van der Waals surface area contributed by atoms with Gasteiger partial charge in [-0.15, -0.1) is 11.3 Å². The summed E-state index contributed by atoms with van der Waals surface area (Å²) in [5.74, 6) is 0.993. The molecule has 1 aromatic heterocycles. The molecule has 1 fully saturated rings. The predicted octanol–water partition coefficient (Wildman–Crippen LogP) is 4.69. The third kappa shape index (κ3) is 6.07. The summed E-state index contributed by atoms with van der Waals surface area (Å²) in [4.78, 5) is 26.8. The number of benzene rings is 2. The molecule has 7 heteroatoms. The van der Waals surface area contributed by atoms with Gasteiger partial charge in [-0.05, 0) is 67.1 Å². The Morgan fingerprint density at radius 2 is 1.97 bits per heavy atom. The van der Waals surface area contributed by atoms with Crippen LogP contribution >= 0.6 is 11.3 Å². The van der Waals surface area contributed by atoms with E-state index in [1.54, 1.807) is 18.2 Å². The highest BCUT2D eigenvalue weighted by Crippen LogP contribution is 2.34. The van der Waals surface area contributed by atoms with Crippen LogP contribution in [-0.4, -0.2) is 41.2 Å². The molecule has 4 rings (SSSR count).